The lowest BCUT2D eigenvalue weighted by Crippen LogP contribution is -2.54. The van der Waals surface area contributed by atoms with E-state index >= 15 is 0 Å². The summed E-state index contributed by atoms with van der Waals surface area (Å²) in [7, 11) is 3.77. The fraction of sp³-hybridized carbons (Fsp3) is 0.875. The number of rotatable bonds is 6. The highest BCUT2D eigenvalue weighted by atomic mass is 15.2. The molecule has 0 rings (SSSR count). The van der Waals surface area contributed by atoms with Crippen molar-refractivity contribution in [2.24, 2.45) is 0 Å². The van der Waals surface area contributed by atoms with Gasteiger partial charge in [-0.15, -0.1) is 0 Å². The smallest absolute Gasteiger partial charge is 0.178 e. The first-order valence-corrected chi connectivity index (χ1v) is 4.24. The normalized spacial score (nSPS) is 14.8. The van der Waals surface area contributed by atoms with Crippen molar-refractivity contribution in [2.45, 2.75) is 25.4 Å². The average molecular weight is 170 g/mol. The van der Waals surface area contributed by atoms with Gasteiger partial charge in [-0.05, 0) is 33.5 Å². The number of hydrogen-bond acceptors (Lipinski definition) is 4. The fourth-order valence-corrected chi connectivity index (χ4v) is 1.14. The molecule has 0 heterocycles. The van der Waals surface area contributed by atoms with E-state index in [0.717, 1.165) is 19.4 Å². The van der Waals surface area contributed by atoms with E-state index in [1.165, 1.54) is 0 Å². The van der Waals surface area contributed by atoms with E-state index in [0.29, 0.717) is 0 Å². The van der Waals surface area contributed by atoms with Crippen LogP contribution in [0, 0.1) is 11.5 Å². The Morgan fingerprint density at radius 3 is 2.42 bits per heavy atom. The molecule has 0 bridgehead atoms. The maximum atomic E-state index is 8.54. The Kier molecular flexibility index (Phi) is 5.43. The summed E-state index contributed by atoms with van der Waals surface area (Å²) < 4.78 is 0. The number of nitrogens with zero attached hydrogens (tertiary/aromatic N) is 1. The van der Waals surface area contributed by atoms with E-state index in [-0.39, 0.29) is 5.66 Å². The van der Waals surface area contributed by atoms with Gasteiger partial charge in [-0.25, -0.2) is 0 Å². The fourth-order valence-electron chi connectivity index (χ4n) is 1.14. The van der Waals surface area contributed by atoms with E-state index in [4.69, 9.17) is 5.26 Å². The zero-order chi connectivity index (χ0) is 9.45. The van der Waals surface area contributed by atoms with E-state index in [1.807, 2.05) is 20.3 Å². The lowest BCUT2D eigenvalue weighted by molar-refractivity contribution is 0.278. The SMILES string of the molecule is CCC(CCNC)(NC)NC#N. The van der Waals surface area contributed by atoms with Crippen molar-refractivity contribution in [2.75, 3.05) is 20.6 Å². The topological polar surface area (TPSA) is 59.9 Å². The Morgan fingerprint density at radius 2 is 2.08 bits per heavy atom. The maximum absolute atomic E-state index is 8.54. The van der Waals surface area contributed by atoms with Crippen LogP contribution < -0.4 is 16.0 Å². The molecule has 0 aromatic rings. The van der Waals surface area contributed by atoms with E-state index < -0.39 is 0 Å². The molecule has 0 spiro atoms. The summed E-state index contributed by atoms with van der Waals surface area (Å²) in [5, 5.41) is 17.5. The predicted octanol–water partition coefficient (Wildman–Crippen LogP) is -0.00772. The molecule has 3 N–H and O–H groups in total. The molecule has 0 saturated heterocycles. The summed E-state index contributed by atoms with van der Waals surface area (Å²) in [6.07, 6.45) is 3.76. The van der Waals surface area contributed by atoms with Crippen molar-refractivity contribution in [1.82, 2.24) is 16.0 Å². The Labute approximate surface area is 74.3 Å². The molecule has 12 heavy (non-hydrogen) atoms. The van der Waals surface area contributed by atoms with Gasteiger partial charge in [0, 0.05) is 0 Å². The van der Waals surface area contributed by atoms with Crippen molar-refractivity contribution >= 4 is 0 Å². The summed E-state index contributed by atoms with van der Waals surface area (Å²) in [6, 6.07) is 0. The Morgan fingerprint density at radius 1 is 1.42 bits per heavy atom. The number of nitrogens with one attached hydrogen (secondary N) is 3. The van der Waals surface area contributed by atoms with E-state index in [9.17, 15) is 0 Å². The van der Waals surface area contributed by atoms with E-state index in [2.05, 4.69) is 22.9 Å². The van der Waals surface area contributed by atoms with Crippen molar-refractivity contribution in [1.29, 1.82) is 5.26 Å². The zero-order valence-corrected chi connectivity index (χ0v) is 8.07. The van der Waals surface area contributed by atoms with Crippen LogP contribution in [0.15, 0.2) is 0 Å². The van der Waals surface area contributed by atoms with Crippen molar-refractivity contribution in [3.05, 3.63) is 0 Å². The Bertz CT molecular complexity index is 146. The third-order valence-corrected chi connectivity index (χ3v) is 2.18. The second-order valence-electron chi connectivity index (χ2n) is 2.78. The highest BCUT2D eigenvalue weighted by Gasteiger charge is 2.23. The summed E-state index contributed by atoms with van der Waals surface area (Å²) >= 11 is 0. The molecule has 70 valence electrons. The minimum atomic E-state index is -0.238. The first-order valence-electron chi connectivity index (χ1n) is 4.24. The van der Waals surface area contributed by atoms with Gasteiger partial charge in [0.25, 0.3) is 0 Å². The minimum Gasteiger partial charge on any atom is -0.320 e. The monoisotopic (exact) mass is 170 g/mol. The third-order valence-electron chi connectivity index (χ3n) is 2.18. The molecule has 1 unspecified atom stereocenters. The second kappa shape index (κ2) is 5.81. The third kappa shape index (κ3) is 3.07. The minimum absolute atomic E-state index is 0.238. The van der Waals surface area contributed by atoms with Gasteiger partial charge >= 0.3 is 0 Å². The lowest BCUT2D eigenvalue weighted by atomic mass is 10.0. The van der Waals surface area contributed by atoms with Gasteiger partial charge in [-0.3, -0.25) is 5.32 Å². The molecule has 0 radical (unpaired) electrons. The van der Waals surface area contributed by atoms with Gasteiger partial charge in [0.2, 0.25) is 0 Å². The largest absolute Gasteiger partial charge is 0.320 e. The summed E-state index contributed by atoms with van der Waals surface area (Å²) in [4.78, 5) is 0. The molecule has 1 atom stereocenters. The highest BCUT2D eigenvalue weighted by molar-refractivity contribution is 4.89. The highest BCUT2D eigenvalue weighted by Crippen LogP contribution is 2.09. The molecular weight excluding hydrogens is 152 g/mol. The molecule has 0 aliphatic heterocycles. The van der Waals surface area contributed by atoms with Crippen LogP contribution in [-0.2, 0) is 0 Å². The quantitative estimate of drug-likeness (QED) is 0.298. The van der Waals surface area contributed by atoms with E-state index in [1.54, 1.807) is 0 Å². The lowest BCUT2D eigenvalue weighted by Gasteiger charge is -2.30. The number of hydrogen-bond donors (Lipinski definition) is 3. The van der Waals surface area contributed by atoms with Gasteiger partial charge in [0.05, 0.1) is 5.66 Å². The maximum Gasteiger partial charge on any atom is 0.178 e. The van der Waals surface area contributed by atoms with Crippen LogP contribution in [-0.4, -0.2) is 26.3 Å². The van der Waals surface area contributed by atoms with Gasteiger partial charge in [0.1, 0.15) is 0 Å². The summed E-state index contributed by atoms with van der Waals surface area (Å²) in [6.45, 7) is 2.94. The zero-order valence-electron chi connectivity index (χ0n) is 8.07. The average Bonchev–Trinajstić information content (AvgIpc) is 2.13. The van der Waals surface area contributed by atoms with Crippen LogP contribution in [0.2, 0.25) is 0 Å². The molecular formula is C8H18N4. The molecule has 0 aromatic carbocycles. The van der Waals surface area contributed by atoms with Crippen molar-refractivity contribution in [3.63, 3.8) is 0 Å². The van der Waals surface area contributed by atoms with Crippen LogP contribution in [0.1, 0.15) is 19.8 Å². The molecule has 0 aliphatic carbocycles. The first kappa shape index (κ1) is 11.2. The molecule has 0 aromatic heterocycles. The van der Waals surface area contributed by atoms with Crippen LogP contribution in [0.25, 0.3) is 0 Å². The Hall–Kier alpha value is -0.790. The van der Waals surface area contributed by atoms with Crippen molar-refractivity contribution in [3.8, 4) is 6.19 Å². The molecule has 0 saturated carbocycles. The van der Waals surface area contributed by atoms with Crippen LogP contribution >= 0.6 is 0 Å². The molecule has 4 nitrogen and oxygen atoms in total. The van der Waals surface area contributed by atoms with Gasteiger partial charge in [-0.2, -0.15) is 5.26 Å². The van der Waals surface area contributed by atoms with Gasteiger partial charge in [-0.1, -0.05) is 6.92 Å². The molecule has 4 heteroatoms. The number of nitriles is 1. The Balaban J connectivity index is 4.06. The van der Waals surface area contributed by atoms with Gasteiger partial charge < -0.3 is 10.6 Å². The predicted molar refractivity (Wildman–Crippen MR) is 49.4 cm³/mol. The summed E-state index contributed by atoms with van der Waals surface area (Å²) in [5.41, 5.74) is -0.238. The standard InChI is InChI=1S/C8H18N4/c1-4-8(11-3,12-7-9)5-6-10-2/h10-12H,4-6H2,1-3H3. The summed E-state index contributed by atoms with van der Waals surface area (Å²) in [5.74, 6) is 0. The van der Waals surface area contributed by atoms with Crippen LogP contribution in [0.3, 0.4) is 0 Å². The van der Waals surface area contributed by atoms with Crippen LogP contribution in [0.5, 0.6) is 0 Å². The molecule has 0 fully saturated rings. The van der Waals surface area contributed by atoms with Gasteiger partial charge in [0.15, 0.2) is 6.19 Å². The first-order chi connectivity index (χ1) is 5.74. The molecule has 0 aliphatic rings. The second-order valence-corrected chi connectivity index (χ2v) is 2.78. The van der Waals surface area contributed by atoms with Crippen LogP contribution in [0.4, 0.5) is 0 Å². The molecule has 0 amide bonds. The van der Waals surface area contributed by atoms with Crippen molar-refractivity contribution < 1.29 is 0 Å².